The maximum atomic E-state index is 6.38. The standard InChI is InChI=1S/C14Br4Cl4I2/c15-5-1-2(6(16)10(20)9(5)19)14(24)4-3(13(1)23)7(17)11(21)12(22)8(4)18. The van der Waals surface area contributed by atoms with Crippen molar-refractivity contribution in [3.8, 4) is 0 Å². The van der Waals surface area contributed by atoms with Crippen LogP contribution in [0.1, 0.15) is 0 Å². The molecular formula is C14Br4Cl4I2. The lowest BCUT2D eigenvalue weighted by Gasteiger charge is -2.18. The Kier molecular flexibility index (Phi) is 7.02. The second kappa shape index (κ2) is 7.86. The number of benzene rings is 3. The molecule has 0 radical (unpaired) electrons. The van der Waals surface area contributed by atoms with Crippen molar-refractivity contribution >= 4 is 177 Å². The highest BCUT2D eigenvalue weighted by Gasteiger charge is 2.25. The Morgan fingerprint density at radius 2 is 0.625 bits per heavy atom. The number of hydrogen-bond donors (Lipinski definition) is 0. The van der Waals surface area contributed by atoms with Gasteiger partial charge in [-0.05, 0) is 109 Å². The van der Waals surface area contributed by atoms with Gasteiger partial charge in [-0.2, -0.15) is 0 Å². The monoisotopic (exact) mass is 877 g/mol. The number of fused-ring (bicyclic) bond motifs is 2. The third kappa shape index (κ3) is 3.12. The molecule has 0 heterocycles. The van der Waals surface area contributed by atoms with Gasteiger partial charge in [-0.1, -0.05) is 46.4 Å². The van der Waals surface area contributed by atoms with Gasteiger partial charge in [0.2, 0.25) is 0 Å². The quantitative estimate of drug-likeness (QED) is 0.0913. The molecule has 0 saturated heterocycles. The van der Waals surface area contributed by atoms with Gasteiger partial charge in [-0.15, -0.1) is 0 Å². The molecular weight excluding hydrogens is 883 g/mol. The van der Waals surface area contributed by atoms with Gasteiger partial charge < -0.3 is 0 Å². The van der Waals surface area contributed by atoms with E-state index >= 15 is 0 Å². The summed E-state index contributed by atoms with van der Waals surface area (Å²) in [5.41, 5.74) is 0. The molecule has 0 saturated carbocycles. The molecule has 0 nitrogen and oxygen atoms in total. The van der Waals surface area contributed by atoms with Crippen molar-refractivity contribution in [2.75, 3.05) is 0 Å². The third-order valence-electron chi connectivity index (χ3n) is 3.41. The molecule has 3 aromatic rings. The van der Waals surface area contributed by atoms with Crippen LogP contribution in [0.25, 0.3) is 21.5 Å². The Labute approximate surface area is 218 Å². The smallest absolute Gasteiger partial charge is 0.0752 e. The Hall–Kier alpha value is 2.72. The third-order valence-corrected chi connectivity index (χ3v) is 11.4. The highest BCUT2D eigenvalue weighted by Crippen LogP contribution is 2.53. The first-order chi connectivity index (χ1) is 11.1. The van der Waals surface area contributed by atoms with Gasteiger partial charge in [-0.3, -0.25) is 0 Å². The van der Waals surface area contributed by atoms with Crippen LogP contribution in [0.2, 0.25) is 20.1 Å². The van der Waals surface area contributed by atoms with Crippen molar-refractivity contribution in [2.45, 2.75) is 0 Å². The molecule has 0 aliphatic heterocycles. The van der Waals surface area contributed by atoms with Crippen LogP contribution in [0.4, 0.5) is 0 Å². The van der Waals surface area contributed by atoms with Gasteiger partial charge >= 0.3 is 0 Å². The Morgan fingerprint density at radius 1 is 0.458 bits per heavy atom. The lowest BCUT2D eigenvalue weighted by Crippen LogP contribution is -1.95. The molecule has 0 aromatic heterocycles. The minimum absolute atomic E-state index is 0.458. The van der Waals surface area contributed by atoms with E-state index in [4.69, 9.17) is 46.4 Å². The van der Waals surface area contributed by atoms with Crippen LogP contribution < -0.4 is 0 Å². The normalized spacial score (nSPS) is 11.8. The largest absolute Gasteiger partial charge is 0.0814 e. The van der Waals surface area contributed by atoms with Gasteiger partial charge in [0.25, 0.3) is 0 Å². The first-order valence-electron chi connectivity index (χ1n) is 5.89. The fourth-order valence-electron chi connectivity index (χ4n) is 2.34. The van der Waals surface area contributed by atoms with E-state index in [1.54, 1.807) is 0 Å². The molecule has 10 heteroatoms. The van der Waals surface area contributed by atoms with Crippen LogP contribution in [-0.2, 0) is 0 Å². The lowest BCUT2D eigenvalue weighted by molar-refractivity contribution is 1.62. The molecule has 24 heavy (non-hydrogen) atoms. The summed E-state index contributed by atoms with van der Waals surface area (Å²) in [4.78, 5) is 0. The van der Waals surface area contributed by atoms with Crippen molar-refractivity contribution in [2.24, 2.45) is 0 Å². The number of hydrogen-bond acceptors (Lipinski definition) is 0. The highest BCUT2D eigenvalue weighted by molar-refractivity contribution is 14.1. The van der Waals surface area contributed by atoms with Gasteiger partial charge in [0, 0.05) is 46.6 Å². The molecule has 0 aliphatic carbocycles. The van der Waals surface area contributed by atoms with Crippen LogP contribution in [0.15, 0.2) is 17.9 Å². The second-order valence-electron chi connectivity index (χ2n) is 4.64. The van der Waals surface area contributed by atoms with Crippen LogP contribution in [0.3, 0.4) is 0 Å². The summed E-state index contributed by atoms with van der Waals surface area (Å²) in [6.45, 7) is 0. The topological polar surface area (TPSA) is 0 Å². The fourth-order valence-corrected chi connectivity index (χ4v) is 9.57. The predicted octanol–water partition coefficient (Wildman–Crippen LogP) is 10.9. The number of rotatable bonds is 0. The molecule has 3 rings (SSSR count). The Balaban J connectivity index is 2.82. The molecule has 0 aliphatic rings. The maximum absolute atomic E-state index is 6.38. The summed E-state index contributed by atoms with van der Waals surface area (Å²) in [6, 6.07) is 0. The van der Waals surface area contributed by atoms with Gasteiger partial charge in [0.1, 0.15) is 0 Å². The average Bonchev–Trinajstić information content (AvgIpc) is 2.55. The molecule has 126 valence electrons. The summed E-state index contributed by atoms with van der Waals surface area (Å²) in [5.74, 6) is 0. The molecule has 0 spiro atoms. The maximum Gasteiger partial charge on any atom is 0.0752 e. The molecule has 0 amide bonds. The predicted molar refractivity (Wildman–Crippen MR) is 138 cm³/mol. The first kappa shape index (κ1) is 21.4. The molecule has 0 atom stereocenters. The van der Waals surface area contributed by atoms with Crippen molar-refractivity contribution < 1.29 is 0 Å². The highest BCUT2D eigenvalue weighted by atomic mass is 127. The summed E-state index contributed by atoms with van der Waals surface area (Å²) >= 11 is 44.4. The second-order valence-corrected chi connectivity index (χ2v) is 11.5. The zero-order chi connectivity index (χ0) is 18.1. The molecule has 3 aromatic carbocycles. The van der Waals surface area contributed by atoms with E-state index < -0.39 is 0 Å². The Bertz CT molecular complexity index is 904. The van der Waals surface area contributed by atoms with E-state index in [9.17, 15) is 0 Å². The SMILES string of the molecule is Clc1c(Cl)c(Br)c2c(I)c3c(Br)c(Cl)c(Cl)c(Br)c3c(I)c2c1Br. The van der Waals surface area contributed by atoms with E-state index in [0.717, 1.165) is 46.6 Å². The number of halogens is 10. The average molecular weight is 883 g/mol. The zero-order valence-corrected chi connectivity index (χ0v) is 24.5. The van der Waals surface area contributed by atoms with E-state index in [-0.39, 0.29) is 0 Å². The van der Waals surface area contributed by atoms with Crippen LogP contribution in [0.5, 0.6) is 0 Å². The Morgan fingerprint density at radius 3 is 0.792 bits per heavy atom. The van der Waals surface area contributed by atoms with Gasteiger partial charge in [0.15, 0.2) is 0 Å². The van der Waals surface area contributed by atoms with E-state index in [1.165, 1.54) is 0 Å². The van der Waals surface area contributed by atoms with Crippen LogP contribution in [0, 0.1) is 7.14 Å². The van der Waals surface area contributed by atoms with Crippen LogP contribution in [-0.4, -0.2) is 0 Å². The molecule has 0 N–H and O–H groups in total. The fraction of sp³-hybridized carbons (Fsp3) is 0. The minimum atomic E-state index is 0.458. The van der Waals surface area contributed by atoms with Crippen LogP contribution >= 0.6 is 155 Å². The van der Waals surface area contributed by atoms with Crippen molar-refractivity contribution in [3.05, 3.63) is 45.1 Å². The van der Waals surface area contributed by atoms with Gasteiger partial charge in [-0.25, -0.2) is 0 Å². The first-order valence-corrected chi connectivity index (χ1v) is 12.7. The summed E-state index contributed by atoms with van der Waals surface area (Å²) in [5, 5.41) is 5.66. The van der Waals surface area contributed by atoms with Crippen molar-refractivity contribution in [1.82, 2.24) is 0 Å². The van der Waals surface area contributed by atoms with Crippen molar-refractivity contribution in [3.63, 3.8) is 0 Å². The van der Waals surface area contributed by atoms with E-state index in [0.29, 0.717) is 20.1 Å². The molecule has 0 fully saturated rings. The summed E-state index contributed by atoms with van der Waals surface area (Å²) < 4.78 is 4.93. The summed E-state index contributed by atoms with van der Waals surface area (Å²) in [7, 11) is 0. The minimum Gasteiger partial charge on any atom is -0.0814 e. The van der Waals surface area contributed by atoms with Crippen molar-refractivity contribution in [1.29, 1.82) is 0 Å². The lowest BCUT2D eigenvalue weighted by atomic mass is 10.0. The summed E-state index contributed by atoms with van der Waals surface area (Å²) in [6.07, 6.45) is 0. The van der Waals surface area contributed by atoms with Gasteiger partial charge in [0.05, 0.1) is 20.1 Å². The molecule has 0 unspecified atom stereocenters. The van der Waals surface area contributed by atoms with E-state index in [2.05, 4.69) is 109 Å². The zero-order valence-electron chi connectivity index (χ0n) is 10.8. The molecule has 0 bridgehead atoms. The van der Waals surface area contributed by atoms with E-state index in [1.807, 2.05) is 0 Å².